The van der Waals surface area contributed by atoms with Gasteiger partial charge in [0.15, 0.2) is 0 Å². The zero-order valence-corrected chi connectivity index (χ0v) is 10.7. The van der Waals surface area contributed by atoms with Gasteiger partial charge in [-0.15, -0.1) is 0 Å². The summed E-state index contributed by atoms with van der Waals surface area (Å²) < 4.78 is 12.0. The van der Waals surface area contributed by atoms with Gasteiger partial charge in [-0.25, -0.2) is 0 Å². The molecule has 2 atom stereocenters. The molecule has 0 bridgehead atoms. The first-order chi connectivity index (χ1) is 7.76. The van der Waals surface area contributed by atoms with Gasteiger partial charge in [-0.1, -0.05) is 15.9 Å². The normalized spacial score (nSPS) is 24.7. The van der Waals surface area contributed by atoms with Crippen molar-refractivity contribution in [3.63, 3.8) is 0 Å². The number of benzene rings is 1. The van der Waals surface area contributed by atoms with Crippen molar-refractivity contribution >= 4 is 15.9 Å². The Balaban J connectivity index is 2.34. The molecule has 1 aliphatic heterocycles. The van der Waals surface area contributed by atoms with E-state index in [0.29, 0.717) is 6.61 Å². The lowest BCUT2D eigenvalue weighted by Gasteiger charge is -2.19. The first-order valence-electron chi connectivity index (χ1n) is 5.32. The summed E-state index contributed by atoms with van der Waals surface area (Å²) in [4.78, 5) is 0. The van der Waals surface area contributed by atoms with Gasteiger partial charge in [0.2, 0.25) is 0 Å². The van der Waals surface area contributed by atoms with Crippen molar-refractivity contribution in [1.29, 1.82) is 0 Å². The molecule has 0 spiro atoms. The Labute approximate surface area is 104 Å². The zero-order chi connectivity index (χ0) is 11.5. The van der Waals surface area contributed by atoms with Crippen molar-refractivity contribution in [2.75, 3.05) is 20.3 Å². The molecule has 4 heteroatoms. The lowest BCUT2D eigenvalue weighted by Crippen LogP contribution is -2.12. The predicted molar refractivity (Wildman–Crippen MR) is 64.6 cm³/mol. The summed E-state index contributed by atoms with van der Waals surface area (Å²) in [6.07, 6.45) is 0.842. The van der Waals surface area contributed by atoms with Gasteiger partial charge < -0.3 is 14.6 Å². The van der Waals surface area contributed by atoms with Crippen LogP contribution < -0.4 is 4.74 Å². The molecule has 88 valence electrons. The SMILES string of the molecule is COc1ccc(Br)cc1C1OCCC1CO. The van der Waals surface area contributed by atoms with Crippen molar-refractivity contribution in [2.24, 2.45) is 5.92 Å². The van der Waals surface area contributed by atoms with Crippen molar-refractivity contribution in [3.05, 3.63) is 28.2 Å². The minimum Gasteiger partial charge on any atom is -0.496 e. The Morgan fingerprint density at radius 3 is 3.06 bits per heavy atom. The molecule has 1 saturated heterocycles. The van der Waals surface area contributed by atoms with Crippen molar-refractivity contribution in [2.45, 2.75) is 12.5 Å². The fraction of sp³-hybridized carbons (Fsp3) is 0.500. The second kappa shape index (κ2) is 5.17. The number of hydrogen-bond acceptors (Lipinski definition) is 3. The number of halogens is 1. The first kappa shape index (κ1) is 11.9. The van der Waals surface area contributed by atoms with Crippen LogP contribution in [-0.2, 0) is 4.74 Å². The predicted octanol–water partition coefficient (Wildman–Crippen LogP) is 2.53. The molecule has 1 aromatic rings. The van der Waals surface area contributed by atoms with E-state index in [2.05, 4.69) is 15.9 Å². The number of aliphatic hydroxyl groups excluding tert-OH is 1. The van der Waals surface area contributed by atoms with Crippen LogP contribution in [0.2, 0.25) is 0 Å². The third-order valence-corrected chi connectivity index (χ3v) is 3.44. The summed E-state index contributed by atoms with van der Waals surface area (Å²) in [7, 11) is 1.65. The number of hydrogen-bond donors (Lipinski definition) is 1. The summed E-state index contributed by atoms with van der Waals surface area (Å²) in [6.45, 7) is 0.853. The maximum absolute atomic E-state index is 9.30. The molecule has 0 aliphatic carbocycles. The Bertz CT molecular complexity index is 367. The van der Waals surface area contributed by atoms with Gasteiger partial charge in [0, 0.05) is 29.2 Å². The topological polar surface area (TPSA) is 38.7 Å². The van der Waals surface area contributed by atoms with Crippen LogP contribution in [-0.4, -0.2) is 25.4 Å². The van der Waals surface area contributed by atoms with Crippen LogP contribution in [0.15, 0.2) is 22.7 Å². The molecule has 1 fully saturated rings. The number of rotatable bonds is 3. The van der Waals surface area contributed by atoms with Crippen molar-refractivity contribution in [1.82, 2.24) is 0 Å². The van der Waals surface area contributed by atoms with E-state index in [1.165, 1.54) is 0 Å². The molecular weight excluding hydrogens is 272 g/mol. The molecule has 1 N–H and O–H groups in total. The molecule has 2 rings (SSSR count). The van der Waals surface area contributed by atoms with Crippen LogP contribution in [0.25, 0.3) is 0 Å². The summed E-state index contributed by atoms with van der Waals surface area (Å²) in [6, 6.07) is 5.85. The first-order valence-corrected chi connectivity index (χ1v) is 6.11. The van der Waals surface area contributed by atoms with Gasteiger partial charge in [0.25, 0.3) is 0 Å². The van der Waals surface area contributed by atoms with Crippen LogP contribution in [0.3, 0.4) is 0 Å². The second-order valence-electron chi connectivity index (χ2n) is 3.91. The quantitative estimate of drug-likeness (QED) is 0.928. The summed E-state index contributed by atoms with van der Waals surface area (Å²) in [5.41, 5.74) is 1.01. The molecule has 16 heavy (non-hydrogen) atoms. The fourth-order valence-corrected chi connectivity index (χ4v) is 2.47. The standard InChI is InChI=1S/C12H15BrO3/c1-15-11-3-2-9(13)6-10(11)12-8(7-14)4-5-16-12/h2-3,6,8,12,14H,4-5,7H2,1H3. The minimum absolute atomic E-state index is 0.0579. The van der Waals surface area contributed by atoms with Gasteiger partial charge in [0.05, 0.1) is 13.2 Å². The third kappa shape index (κ3) is 2.24. The largest absolute Gasteiger partial charge is 0.496 e. The minimum atomic E-state index is -0.0579. The zero-order valence-electron chi connectivity index (χ0n) is 9.15. The molecular formula is C12H15BrO3. The highest BCUT2D eigenvalue weighted by Gasteiger charge is 2.31. The molecule has 2 unspecified atom stereocenters. The van der Waals surface area contributed by atoms with E-state index in [1.54, 1.807) is 7.11 Å². The maximum Gasteiger partial charge on any atom is 0.124 e. The summed E-state index contributed by atoms with van der Waals surface area (Å²) >= 11 is 3.44. The van der Waals surface area contributed by atoms with Gasteiger partial charge >= 0.3 is 0 Å². The van der Waals surface area contributed by atoms with Crippen LogP contribution in [0.5, 0.6) is 5.75 Å². The average Bonchev–Trinajstić information content (AvgIpc) is 2.76. The Hall–Kier alpha value is -0.580. The van der Waals surface area contributed by atoms with E-state index < -0.39 is 0 Å². The van der Waals surface area contributed by atoms with E-state index in [1.807, 2.05) is 18.2 Å². The molecule has 1 aromatic carbocycles. The molecule has 1 heterocycles. The molecule has 0 aromatic heterocycles. The number of ether oxygens (including phenoxy) is 2. The molecule has 3 nitrogen and oxygen atoms in total. The van der Waals surface area contributed by atoms with E-state index in [4.69, 9.17) is 9.47 Å². The Morgan fingerprint density at radius 1 is 1.56 bits per heavy atom. The number of aliphatic hydroxyl groups is 1. The van der Waals surface area contributed by atoms with E-state index in [9.17, 15) is 5.11 Å². The summed E-state index contributed by atoms with van der Waals surface area (Å²) in [5, 5.41) is 9.30. The maximum atomic E-state index is 9.30. The molecule has 0 saturated carbocycles. The third-order valence-electron chi connectivity index (χ3n) is 2.95. The average molecular weight is 287 g/mol. The highest BCUT2D eigenvalue weighted by atomic mass is 79.9. The second-order valence-corrected chi connectivity index (χ2v) is 4.82. The Morgan fingerprint density at radius 2 is 2.38 bits per heavy atom. The molecule has 0 radical (unpaired) electrons. The summed E-state index contributed by atoms with van der Waals surface area (Å²) in [5.74, 6) is 0.983. The van der Waals surface area contributed by atoms with E-state index >= 15 is 0 Å². The number of methoxy groups -OCH3 is 1. The van der Waals surface area contributed by atoms with Gasteiger partial charge in [-0.05, 0) is 24.6 Å². The molecule has 1 aliphatic rings. The van der Waals surface area contributed by atoms with E-state index in [0.717, 1.165) is 22.2 Å². The van der Waals surface area contributed by atoms with Gasteiger partial charge in [-0.3, -0.25) is 0 Å². The highest BCUT2D eigenvalue weighted by Crippen LogP contribution is 2.39. The van der Waals surface area contributed by atoms with E-state index in [-0.39, 0.29) is 18.6 Å². The lowest BCUT2D eigenvalue weighted by molar-refractivity contribution is 0.0701. The van der Waals surface area contributed by atoms with Crippen molar-refractivity contribution in [3.8, 4) is 5.75 Å². The Kier molecular flexibility index (Phi) is 3.84. The van der Waals surface area contributed by atoms with Crippen molar-refractivity contribution < 1.29 is 14.6 Å². The van der Waals surface area contributed by atoms with Crippen LogP contribution in [0, 0.1) is 5.92 Å². The van der Waals surface area contributed by atoms with Crippen LogP contribution in [0.1, 0.15) is 18.1 Å². The highest BCUT2D eigenvalue weighted by molar-refractivity contribution is 9.10. The van der Waals surface area contributed by atoms with Crippen LogP contribution >= 0.6 is 15.9 Å². The van der Waals surface area contributed by atoms with Crippen LogP contribution in [0.4, 0.5) is 0 Å². The smallest absolute Gasteiger partial charge is 0.124 e. The van der Waals surface area contributed by atoms with Gasteiger partial charge in [-0.2, -0.15) is 0 Å². The lowest BCUT2D eigenvalue weighted by atomic mass is 9.95. The van der Waals surface area contributed by atoms with Gasteiger partial charge in [0.1, 0.15) is 5.75 Å². The fourth-order valence-electron chi connectivity index (χ4n) is 2.09. The monoisotopic (exact) mass is 286 g/mol. The molecule has 0 amide bonds.